The summed E-state index contributed by atoms with van der Waals surface area (Å²) in [5.74, 6) is -0.670. The zero-order valence-corrected chi connectivity index (χ0v) is 10.1. The van der Waals surface area contributed by atoms with Crippen molar-refractivity contribution in [3.63, 3.8) is 0 Å². The average molecular weight is 222 g/mol. The van der Waals surface area contributed by atoms with E-state index in [1.807, 2.05) is 36.4 Å². The Morgan fingerprint density at radius 3 is 1.69 bits per heavy atom. The van der Waals surface area contributed by atoms with E-state index in [2.05, 4.69) is 6.92 Å². The molecule has 2 heteroatoms. The smallest absolute Gasteiger partial charge is 0.303 e. The molecule has 0 saturated heterocycles. The number of aliphatic carboxylic acids is 1. The molecule has 0 unspecified atom stereocenters. The highest BCUT2D eigenvalue weighted by atomic mass is 16.4. The summed E-state index contributed by atoms with van der Waals surface area (Å²) in [5, 5.41) is 8.27. The van der Waals surface area contributed by atoms with E-state index in [9.17, 15) is 4.79 Å². The predicted molar refractivity (Wildman–Crippen MR) is 67.5 cm³/mol. The number of hydrogen-bond acceptors (Lipinski definition) is 1. The van der Waals surface area contributed by atoms with Gasteiger partial charge >= 0.3 is 5.97 Å². The Balaban J connectivity index is 0.000000315. The van der Waals surface area contributed by atoms with Gasteiger partial charge in [-0.1, -0.05) is 69.0 Å². The molecule has 0 heterocycles. The maximum absolute atomic E-state index is 10.0. The summed E-state index contributed by atoms with van der Waals surface area (Å²) >= 11 is 0. The van der Waals surface area contributed by atoms with E-state index in [0.717, 1.165) is 12.8 Å². The molecule has 0 aliphatic carbocycles. The molecule has 1 N–H and O–H groups in total. The second kappa shape index (κ2) is 11.8. The van der Waals surface area contributed by atoms with Crippen LogP contribution in [0, 0.1) is 0 Å². The summed E-state index contributed by atoms with van der Waals surface area (Å²) in [6.07, 6.45) is 5.88. The molecule has 0 radical (unpaired) electrons. The van der Waals surface area contributed by atoms with Crippen LogP contribution in [0.4, 0.5) is 0 Å². The molecule has 1 aromatic rings. The second-order valence-corrected chi connectivity index (χ2v) is 3.71. The van der Waals surface area contributed by atoms with Crippen LogP contribution in [0.3, 0.4) is 0 Å². The Morgan fingerprint density at radius 2 is 1.31 bits per heavy atom. The Hall–Kier alpha value is -1.31. The molecule has 0 spiro atoms. The van der Waals surface area contributed by atoms with Gasteiger partial charge in [0, 0.05) is 6.42 Å². The van der Waals surface area contributed by atoms with Crippen molar-refractivity contribution < 1.29 is 9.90 Å². The van der Waals surface area contributed by atoms with Gasteiger partial charge in [0.05, 0.1) is 0 Å². The van der Waals surface area contributed by atoms with Gasteiger partial charge in [-0.25, -0.2) is 0 Å². The lowest BCUT2D eigenvalue weighted by atomic mass is 10.1. The molecule has 0 amide bonds. The van der Waals surface area contributed by atoms with Crippen molar-refractivity contribution in [2.75, 3.05) is 0 Å². The average Bonchev–Trinajstić information content (AvgIpc) is 2.31. The zero-order valence-electron chi connectivity index (χ0n) is 10.1. The van der Waals surface area contributed by atoms with Crippen LogP contribution in [0.5, 0.6) is 0 Å². The normalized spacial score (nSPS) is 9.06. The molecule has 1 rings (SSSR count). The van der Waals surface area contributed by atoms with E-state index in [1.54, 1.807) is 0 Å². The number of hydrogen-bond donors (Lipinski definition) is 1. The molecule has 0 aromatic heterocycles. The minimum Gasteiger partial charge on any atom is -0.481 e. The molecule has 0 aliphatic rings. The van der Waals surface area contributed by atoms with Crippen LogP contribution in [0.2, 0.25) is 0 Å². The lowest BCUT2D eigenvalue weighted by Gasteiger charge is -1.95. The van der Waals surface area contributed by atoms with E-state index < -0.39 is 5.97 Å². The van der Waals surface area contributed by atoms with Crippen LogP contribution in [-0.2, 0) is 4.79 Å². The zero-order chi connectivity index (χ0) is 12.1. The van der Waals surface area contributed by atoms with Crippen molar-refractivity contribution in [3.8, 4) is 0 Å². The van der Waals surface area contributed by atoms with Gasteiger partial charge in [-0.2, -0.15) is 0 Å². The first-order valence-corrected chi connectivity index (χ1v) is 5.99. The summed E-state index contributed by atoms with van der Waals surface area (Å²) in [5.41, 5.74) is 0. The van der Waals surface area contributed by atoms with E-state index in [0.29, 0.717) is 6.42 Å². The Bertz CT molecular complexity index is 217. The summed E-state index contributed by atoms with van der Waals surface area (Å²) in [7, 11) is 0. The summed E-state index contributed by atoms with van der Waals surface area (Å²) in [6, 6.07) is 12.0. The molecule has 0 atom stereocenters. The highest BCUT2D eigenvalue weighted by Crippen LogP contribution is 2.04. The largest absolute Gasteiger partial charge is 0.481 e. The summed E-state index contributed by atoms with van der Waals surface area (Å²) < 4.78 is 0. The number of rotatable bonds is 6. The molecule has 0 bridgehead atoms. The second-order valence-electron chi connectivity index (χ2n) is 3.71. The minimum absolute atomic E-state index is 0.337. The van der Waals surface area contributed by atoms with Crippen molar-refractivity contribution in [2.45, 2.75) is 45.4 Å². The highest BCUT2D eigenvalue weighted by molar-refractivity contribution is 5.66. The topological polar surface area (TPSA) is 37.3 Å². The fourth-order valence-electron chi connectivity index (χ4n) is 1.26. The molecular formula is C14H22O2. The third kappa shape index (κ3) is 12.7. The van der Waals surface area contributed by atoms with Gasteiger partial charge in [-0.3, -0.25) is 4.79 Å². The molecule has 0 fully saturated rings. The lowest BCUT2D eigenvalue weighted by Crippen LogP contribution is -1.93. The first-order chi connectivity index (χ1) is 7.77. The Morgan fingerprint density at radius 1 is 0.875 bits per heavy atom. The summed E-state index contributed by atoms with van der Waals surface area (Å²) in [4.78, 5) is 10.0. The van der Waals surface area contributed by atoms with Gasteiger partial charge in [-0.15, -0.1) is 0 Å². The number of carbonyl (C=O) groups is 1. The van der Waals surface area contributed by atoms with Gasteiger partial charge < -0.3 is 5.11 Å². The van der Waals surface area contributed by atoms with Crippen LogP contribution in [0.15, 0.2) is 36.4 Å². The maximum Gasteiger partial charge on any atom is 0.303 e. The Kier molecular flexibility index (Phi) is 10.8. The lowest BCUT2D eigenvalue weighted by molar-refractivity contribution is -0.137. The Labute approximate surface area is 98.3 Å². The van der Waals surface area contributed by atoms with Crippen LogP contribution < -0.4 is 0 Å². The fourth-order valence-corrected chi connectivity index (χ4v) is 1.26. The van der Waals surface area contributed by atoms with E-state index in [4.69, 9.17) is 5.11 Å². The number of carboxylic acids is 1. The minimum atomic E-state index is -0.670. The molecular weight excluding hydrogens is 200 g/mol. The number of benzene rings is 1. The van der Waals surface area contributed by atoms with Gasteiger partial charge in [0.2, 0.25) is 0 Å². The number of unbranched alkanes of at least 4 members (excludes halogenated alkanes) is 4. The SMILES string of the molecule is CCCCCCCC(=O)O.c1ccccc1. The van der Waals surface area contributed by atoms with Gasteiger partial charge in [0.15, 0.2) is 0 Å². The van der Waals surface area contributed by atoms with Gasteiger partial charge in [-0.05, 0) is 6.42 Å². The van der Waals surface area contributed by atoms with Crippen molar-refractivity contribution >= 4 is 5.97 Å². The van der Waals surface area contributed by atoms with Gasteiger partial charge in [0.1, 0.15) is 0 Å². The fraction of sp³-hybridized carbons (Fsp3) is 0.500. The quantitative estimate of drug-likeness (QED) is 0.735. The molecule has 90 valence electrons. The van der Waals surface area contributed by atoms with Crippen LogP contribution in [0.25, 0.3) is 0 Å². The highest BCUT2D eigenvalue weighted by Gasteiger charge is 1.94. The monoisotopic (exact) mass is 222 g/mol. The molecule has 16 heavy (non-hydrogen) atoms. The van der Waals surface area contributed by atoms with E-state index >= 15 is 0 Å². The van der Waals surface area contributed by atoms with Gasteiger partial charge in [0.25, 0.3) is 0 Å². The third-order valence-electron chi connectivity index (χ3n) is 2.16. The molecule has 0 aliphatic heterocycles. The van der Waals surface area contributed by atoms with Crippen LogP contribution >= 0.6 is 0 Å². The van der Waals surface area contributed by atoms with Crippen LogP contribution in [-0.4, -0.2) is 11.1 Å². The van der Waals surface area contributed by atoms with Crippen molar-refractivity contribution in [2.24, 2.45) is 0 Å². The summed E-state index contributed by atoms with van der Waals surface area (Å²) in [6.45, 7) is 2.15. The third-order valence-corrected chi connectivity index (χ3v) is 2.16. The molecule has 2 nitrogen and oxygen atoms in total. The van der Waals surface area contributed by atoms with Crippen molar-refractivity contribution in [1.29, 1.82) is 0 Å². The maximum atomic E-state index is 10.0. The number of carboxylic acid groups (broad SMARTS) is 1. The van der Waals surface area contributed by atoms with E-state index in [1.165, 1.54) is 19.3 Å². The molecule has 1 aromatic carbocycles. The van der Waals surface area contributed by atoms with E-state index in [-0.39, 0.29) is 0 Å². The van der Waals surface area contributed by atoms with Crippen molar-refractivity contribution in [1.82, 2.24) is 0 Å². The van der Waals surface area contributed by atoms with Crippen molar-refractivity contribution in [3.05, 3.63) is 36.4 Å². The first kappa shape index (κ1) is 14.7. The van der Waals surface area contributed by atoms with Crippen LogP contribution in [0.1, 0.15) is 45.4 Å². The first-order valence-electron chi connectivity index (χ1n) is 5.99. The standard InChI is InChI=1S/C8H16O2.C6H6/c1-2-3-4-5-6-7-8(9)10;1-2-4-6-5-3-1/h2-7H2,1H3,(H,9,10);1-6H. The predicted octanol–water partition coefficient (Wildman–Crippen LogP) is 4.12. The molecule has 0 saturated carbocycles.